The van der Waals surface area contributed by atoms with Crippen LogP contribution in [0.5, 0.6) is 0 Å². The van der Waals surface area contributed by atoms with Gasteiger partial charge in [0.05, 0.1) is 12.0 Å². The molecule has 2 atom stereocenters. The number of carbonyl (C=O) groups is 2. The molecule has 19 heavy (non-hydrogen) atoms. The molecule has 0 aromatic carbocycles. The molecule has 0 aliphatic carbocycles. The van der Waals surface area contributed by atoms with E-state index in [0.29, 0.717) is 6.54 Å². The maximum Gasteiger partial charge on any atom is 0.308 e. The largest absolute Gasteiger partial charge is 0.481 e. The minimum atomic E-state index is -0.885. The predicted molar refractivity (Wildman–Crippen MR) is 70.8 cm³/mol. The molecule has 1 saturated heterocycles. The summed E-state index contributed by atoms with van der Waals surface area (Å²) >= 11 is 0. The van der Waals surface area contributed by atoms with E-state index < -0.39 is 11.9 Å². The highest BCUT2D eigenvalue weighted by molar-refractivity contribution is 5.86. The standard InChI is InChI=1S/C14H20N2O3/c1-8-5-12(9(2)15(8)4)10(3)16-7-11(14(18)19)6-13(16)17/h5,10-11H,6-7H2,1-4H3,(H,18,19). The van der Waals surface area contributed by atoms with Gasteiger partial charge < -0.3 is 14.6 Å². The molecule has 1 aliphatic rings. The first kappa shape index (κ1) is 13.6. The van der Waals surface area contributed by atoms with Gasteiger partial charge in [-0.3, -0.25) is 9.59 Å². The maximum atomic E-state index is 12.0. The third-order valence-electron chi connectivity index (χ3n) is 4.24. The van der Waals surface area contributed by atoms with Crippen molar-refractivity contribution in [3.05, 3.63) is 23.0 Å². The van der Waals surface area contributed by atoms with Crippen molar-refractivity contribution in [2.75, 3.05) is 6.54 Å². The summed E-state index contributed by atoms with van der Waals surface area (Å²) in [6.07, 6.45) is 0.116. The van der Waals surface area contributed by atoms with Gasteiger partial charge in [-0.1, -0.05) is 0 Å². The second-order valence-electron chi connectivity index (χ2n) is 5.35. The Labute approximate surface area is 112 Å². The van der Waals surface area contributed by atoms with Crippen molar-refractivity contribution in [1.82, 2.24) is 9.47 Å². The Bertz CT molecular complexity index is 533. The Kier molecular flexibility index (Phi) is 3.39. The van der Waals surface area contributed by atoms with Crippen molar-refractivity contribution < 1.29 is 14.7 Å². The van der Waals surface area contributed by atoms with Crippen LogP contribution in [0.3, 0.4) is 0 Å². The molecule has 2 unspecified atom stereocenters. The summed E-state index contributed by atoms with van der Waals surface area (Å²) in [5.74, 6) is -1.52. The Morgan fingerprint density at radius 1 is 1.47 bits per heavy atom. The van der Waals surface area contributed by atoms with E-state index in [9.17, 15) is 9.59 Å². The third kappa shape index (κ3) is 2.25. The Morgan fingerprint density at radius 2 is 2.11 bits per heavy atom. The molecule has 1 amide bonds. The van der Waals surface area contributed by atoms with Gasteiger partial charge in [0.15, 0.2) is 0 Å². The van der Waals surface area contributed by atoms with E-state index in [2.05, 4.69) is 10.6 Å². The van der Waals surface area contributed by atoms with Gasteiger partial charge in [-0.15, -0.1) is 0 Å². The molecule has 0 radical (unpaired) electrons. The summed E-state index contributed by atoms with van der Waals surface area (Å²) in [6, 6.07) is 2.00. The monoisotopic (exact) mass is 264 g/mol. The van der Waals surface area contributed by atoms with Gasteiger partial charge in [0.1, 0.15) is 0 Å². The molecule has 2 rings (SSSR count). The highest BCUT2D eigenvalue weighted by Crippen LogP contribution is 2.31. The number of aromatic nitrogens is 1. The average molecular weight is 264 g/mol. The first-order chi connectivity index (χ1) is 8.82. The smallest absolute Gasteiger partial charge is 0.308 e. The van der Waals surface area contributed by atoms with Gasteiger partial charge in [-0.2, -0.15) is 0 Å². The number of nitrogens with zero attached hydrogens (tertiary/aromatic N) is 2. The summed E-state index contributed by atoms with van der Waals surface area (Å²) in [6.45, 7) is 6.32. The summed E-state index contributed by atoms with van der Waals surface area (Å²) in [4.78, 5) is 24.6. The molecule has 1 N–H and O–H groups in total. The molecule has 5 heteroatoms. The van der Waals surface area contributed by atoms with Crippen LogP contribution >= 0.6 is 0 Å². The molecule has 2 heterocycles. The number of amides is 1. The Hall–Kier alpha value is -1.78. The maximum absolute atomic E-state index is 12.0. The number of hydrogen-bond donors (Lipinski definition) is 1. The SMILES string of the molecule is Cc1cc(C(C)N2CC(C(=O)O)CC2=O)c(C)n1C. The molecule has 0 bridgehead atoms. The van der Waals surface area contributed by atoms with Crippen molar-refractivity contribution in [3.63, 3.8) is 0 Å². The Morgan fingerprint density at radius 3 is 2.53 bits per heavy atom. The first-order valence-electron chi connectivity index (χ1n) is 6.48. The highest BCUT2D eigenvalue weighted by atomic mass is 16.4. The summed E-state index contributed by atoms with van der Waals surface area (Å²) in [5, 5.41) is 9.02. The van der Waals surface area contributed by atoms with Crippen molar-refractivity contribution in [1.29, 1.82) is 0 Å². The number of rotatable bonds is 3. The number of likely N-dealkylation sites (tertiary alicyclic amines) is 1. The van der Waals surface area contributed by atoms with E-state index in [1.54, 1.807) is 4.90 Å². The second-order valence-corrected chi connectivity index (χ2v) is 5.35. The number of aryl methyl sites for hydroxylation is 1. The molecular weight excluding hydrogens is 244 g/mol. The van der Waals surface area contributed by atoms with E-state index in [-0.39, 0.29) is 18.4 Å². The predicted octanol–water partition coefficient (Wildman–Crippen LogP) is 1.64. The lowest BCUT2D eigenvalue weighted by atomic mass is 10.1. The fraction of sp³-hybridized carbons (Fsp3) is 0.571. The van der Waals surface area contributed by atoms with E-state index in [4.69, 9.17) is 5.11 Å². The average Bonchev–Trinajstić information content (AvgIpc) is 2.85. The Balaban J connectivity index is 2.25. The van der Waals surface area contributed by atoms with Crippen LogP contribution in [0.4, 0.5) is 0 Å². The molecular formula is C14H20N2O3. The zero-order valence-electron chi connectivity index (χ0n) is 11.8. The first-order valence-corrected chi connectivity index (χ1v) is 6.48. The number of carboxylic acid groups (broad SMARTS) is 1. The van der Waals surface area contributed by atoms with Crippen LogP contribution in [0.25, 0.3) is 0 Å². The second kappa shape index (κ2) is 4.72. The fourth-order valence-electron chi connectivity index (χ4n) is 2.75. The normalized spacial score (nSPS) is 20.9. The molecule has 5 nitrogen and oxygen atoms in total. The van der Waals surface area contributed by atoms with E-state index in [1.807, 2.05) is 27.8 Å². The van der Waals surface area contributed by atoms with Crippen LogP contribution in [0.1, 0.15) is 36.3 Å². The van der Waals surface area contributed by atoms with Gasteiger partial charge in [0, 0.05) is 31.4 Å². The van der Waals surface area contributed by atoms with Crippen LogP contribution in [0.2, 0.25) is 0 Å². The fourth-order valence-corrected chi connectivity index (χ4v) is 2.75. The van der Waals surface area contributed by atoms with Crippen LogP contribution in [-0.2, 0) is 16.6 Å². The lowest BCUT2D eigenvalue weighted by Gasteiger charge is -2.25. The van der Waals surface area contributed by atoms with Gasteiger partial charge in [-0.25, -0.2) is 0 Å². The summed E-state index contributed by atoms with van der Waals surface area (Å²) in [7, 11) is 1.99. The van der Waals surface area contributed by atoms with Gasteiger partial charge >= 0.3 is 5.97 Å². The van der Waals surface area contributed by atoms with Crippen LogP contribution in [0.15, 0.2) is 6.07 Å². The molecule has 1 aliphatic heterocycles. The lowest BCUT2D eigenvalue weighted by molar-refractivity contribution is -0.141. The zero-order valence-corrected chi connectivity index (χ0v) is 11.8. The molecule has 0 saturated carbocycles. The van der Waals surface area contributed by atoms with Gasteiger partial charge in [0.25, 0.3) is 0 Å². The van der Waals surface area contributed by atoms with Gasteiger partial charge in [0.2, 0.25) is 5.91 Å². The molecule has 0 spiro atoms. The highest BCUT2D eigenvalue weighted by Gasteiger charge is 2.37. The van der Waals surface area contributed by atoms with Crippen molar-refractivity contribution in [3.8, 4) is 0 Å². The topological polar surface area (TPSA) is 62.5 Å². The number of hydrogen-bond acceptors (Lipinski definition) is 2. The minimum Gasteiger partial charge on any atom is -0.481 e. The molecule has 1 aromatic rings. The van der Waals surface area contributed by atoms with Crippen molar-refractivity contribution >= 4 is 11.9 Å². The zero-order chi connectivity index (χ0) is 14.3. The number of aliphatic carboxylic acids is 1. The van der Waals surface area contributed by atoms with E-state index in [0.717, 1.165) is 17.0 Å². The molecule has 1 aromatic heterocycles. The van der Waals surface area contributed by atoms with Crippen molar-refractivity contribution in [2.24, 2.45) is 13.0 Å². The number of carboxylic acids is 1. The van der Waals surface area contributed by atoms with Crippen LogP contribution in [-0.4, -0.2) is 33.0 Å². The quantitative estimate of drug-likeness (QED) is 0.902. The van der Waals surface area contributed by atoms with E-state index >= 15 is 0 Å². The third-order valence-corrected chi connectivity index (χ3v) is 4.24. The van der Waals surface area contributed by atoms with Crippen LogP contribution in [0, 0.1) is 19.8 Å². The number of carbonyl (C=O) groups excluding carboxylic acids is 1. The van der Waals surface area contributed by atoms with Crippen LogP contribution < -0.4 is 0 Å². The molecule has 1 fully saturated rings. The minimum absolute atomic E-state index is 0.0687. The lowest BCUT2D eigenvalue weighted by Crippen LogP contribution is -2.29. The summed E-state index contributed by atoms with van der Waals surface area (Å²) in [5.41, 5.74) is 3.36. The molecule has 104 valence electrons. The van der Waals surface area contributed by atoms with Crippen molar-refractivity contribution in [2.45, 2.75) is 33.2 Å². The summed E-state index contributed by atoms with van der Waals surface area (Å²) < 4.78 is 2.08. The van der Waals surface area contributed by atoms with Gasteiger partial charge in [-0.05, 0) is 32.4 Å². The van der Waals surface area contributed by atoms with E-state index in [1.165, 1.54) is 0 Å².